The first-order valence-corrected chi connectivity index (χ1v) is 10.2. The molecule has 0 unspecified atom stereocenters. The maximum absolute atomic E-state index is 12.4. The number of pyridine rings is 1. The standard InChI is InChI=1S/C22H25N5O3/c28-21(24-20-7-6-18(16-23-20)26-12-14-30-15-13-26)8-9-22(29)27-11-10-19(25-27)17-4-2-1-3-5-17/h1-7,16H,8-15H2,(H,23,24,28). The molecular weight excluding hydrogens is 382 g/mol. The van der Waals surface area contributed by atoms with Gasteiger partial charge in [0.1, 0.15) is 5.82 Å². The highest BCUT2D eigenvalue weighted by Gasteiger charge is 2.22. The van der Waals surface area contributed by atoms with E-state index >= 15 is 0 Å². The van der Waals surface area contributed by atoms with Crippen molar-refractivity contribution >= 4 is 29.0 Å². The van der Waals surface area contributed by atoms with Gasteiger partial charge < -0.3 is 15.0 Å². The number of benzene rings is 1. The fourth-order valence-corrected chi connectivity index (χ4v) is 3.49. The van der Waals surface area contributed by atoms with Crippen LogP contribution in [-0.4, -0.2) is 60.4 Å². The quantitative estimate of drug-likeness (QED) is 0.794. The lowest BCUT2D eigenvalue weighted by Crippen LogP contribution is -2.36. The largest absolute Gasteiger partial charge is 0.378 e. The monoisotopic (exact) mass is 407 g/mol. The number of ether oxygens (including phenoxy) is 1. The molecule has 0 radical (unpaired) electrons. The summed E-state index contributed by atoms with van der Waals surface area (Å²) in [6.45, 7) is 3.64. The Balaban J connectivity index is 1.24. The van der Waals surface area contributed by atoms with Crippen LogP contribution in [-0.2, 0) is 14.3 Å². The SMILES string of the molecule is O=C(CCC(=O)N1CCC(c2ccccc2)=N1)Nc1ccc(N2CCOCC2)cn1. The lowest BCUT2D eigenvalue weighted by Gasteiger charge is -2.28. The van der Waals surface area contributed by atoms with E-state index in [-0.39, 0.29) is 24.7 Å². The maximum atomic E-state index is 12.4. The summed E-state index contributed by atoms with van der Waals surface area (Å²) < 4.78 is 5.35. The molecule has 0 bridgehead atoms. The second-order valence-corrected chi connectivity index (χ2v) is 7.23. The molecule has 2 aromatic rings. The summed E-state index contributed by atoms with van der Waals surface area (Å²) >= 11 is 0. The Morgan fingerprint density at radius 2 is 1.80 bits per heavy atom. The molecule has 2 aliphatic heterocycles. The molecule has 1 aromatic carbocycles. The predicted molar refractivity (Wildman–Crippen MR) is 114 cm³/mol. The van der Waals surface area contributed by atoms with Gasteiger partial charge in [-0.25, -0.2) is 9.99 Å². The zero-order valence-corrected chi connectivity index (χ0v) is 16.8. The van der Waals surface area contributed by atoms with Gasteiger partial charge in [-0.3, -0.25) is 9.59 Å². The summed E-state index contributed by atoms with van der Waals surface area (Å²) in [5, 5.41) is 8.63. The van der Waals surface area contributed by atoms with E-state index in [1.54, 1.807) is 12.3 Å². The second-order valence-electron chi connectivity index (χ2n) is 7.23. The van der Waals surface area contributed by atoms with Gasteiger partial charge in [0, 0.05) is 32.4 Å². The number of hydrogen-bond acceptors (Lipinski definition) is 6. The van der Waals surface area contributed by atoms with Crippen molar-refractivity contribution in [2.45, 2.75) is 19.3 Å². The topological polar surface area (TPSA) is 87.1 Å². The molecule has 3 heterocycles. The summed E-state index contributed by atoms with van der Waals surface area (Å²) in [7, 11) is 0. The van der Waals surface area contributed by atoms with Gasteiger partial charge in [0.25, 0.3) is 0 Å². The minimum absolute atomic E-state index is 0.0957. The van der Waals surface area contributed by atoms with Crippen LogP contribution in [0.5, 0.6) is 0 Å². The average molecular weight is 407 g/mol. The first-order chi connectivity index (χ1) is 14.7. The number of aromatic nitrogens is 1. The van der Waals surface area contributed by atoms with Crippen molar-refractivity contribution in [3.05, 3.63) is 54.2 Å². The van der Waals surface area contributed by atoms with E-state index in [4.69, 9.17) is 4.74 Å². The van der Waals surface area contributed by atoms with Crippen LogP contribution in [0, 0.1) is 0 Å². The Labute approximate surface area is 175 Å². The van der Waals surface area contributed by atoms with Crippen LogP contribution in [0.15, 0.2) is 53.8 Å². The number of nitrogens with zero attached hydrogens (tertiary/aromatic N) is 4. The van der Waals surface area contributed by atoms with E-state index in [1.807, 2.05) is 36.4 Å². The average Bonchev–Trinajstić information content (AvgIpc) is 3.30. The summed E-state index contributed by atoms with van der Waals surface area (Å²) in [5.74, 6) is 0.100. The number of hydrazone groups is 1. The number of rotatable bonds is 6. The van der Waals surface area contributed by atoms with E-state index in [0.717, 1.165) is 36.5 Å². The molecular formula is C22H25N5O3. The van der Waals surface area contributed by atoms with Gasteiger partial charge in [-0.15, -0.1) is 0 Å². The molecule has 0 spiro atoms. The van der Waals surface area contributed by atoms with Crippen LogP contribution in [0.1, 0.15) is 24.8 Å². The molecule has 156 valence electrons. The number of morpholine rings is 1. The lowest BCUT2D eigenvalue weighted by molar-refractivity contribution is -0.132. The number of hydrogen-bond donors (Lipinski definition) is 1. The van der Waals surface area contributed by atoms with Gasteiger partial charge in [-0.1, -0.05) is 30.3 Å². The molecule has 0 saturated carbocycles. The Hall–Kier alpha value is -3.26. The Kier molecular flexibility index (Phi) is 6.34. The van der Waals surface area contributed by atoms with Crippen LogP contribution in [0.3, 0.4) is 0 Å². The van der Waals surface area contributed by atoms with Crippen molar-refractivity contribution in [1.82, 2.24) is 9.99 Å². The van der Waals surface area contributed by atoms with Crippen molar-refractivity contribution in [3.8, 4) is 0 Å². The molecule has 0 atom stereocenters. The van der Waals surface area contributed by atoms with Crippen molar-refractivity contribution in [2.24, 2.45) is 5.10 Å². The van der Waals surface area contributed by atoms with E-state index in [0.29, 0.717) is 25.6 Å². The fourth-order valence-electron chi connectivity index (χ4n) is 3.49. The number of anilines is 2. The first kappa shape index (κ1) is 20.0. The number of nitrogens with one attached hydrogen (secondary N) is 1. The third-order valence-electron chi connectivity index (χ3n) is 5.15. The highest BCUT2D eigenvalue weighted by Crippen LogP contribution is 2.17. The summed E-state index contributed by atoms with van der Waals surface area (Å²) in [5.41, 5.74) is 2.93. The lowest BCUT2D eigenvalue weighted by atomic mass is 10.1. The molecule has 30 heavy (non-hydrogen) atoms. The fraction of sp³-hybridized carbons (Fsp3) is 0.364. The zero-order valence-electron chi connectivity index (χ0n) is 16.8. The van der Waals surface area contributed by atoms with Crippen molar-refractivity contribution < 1.29 is 14.3 Å². The highest BCUT2D eigenvalue weighted by atomic mass is 16.5. The predicted octanol–water partition coefficient (Wildman–Crippen LogP) is 2.27. The Morgan fingerprint density at radius 3 is 2.53 bits per heavy atom. The number of amides is 2. The van der Waals surface area contributed by atoms with E-state index in [9.17, 15) is 9.59 Å². The van der Waals surface area contributed by atoms with Crippen molar-refractivity contribution in [2.75, 3.05) is 43.1 Å². The Morgan fingerprint density at radius 1 is 1.00 bits per heavy atom. The van der Waals surface area contributed by atoms with E-state index < -0.39 is 0 Å². The van der Waals surface area contributed by atoms with Gasteiger partial charge in [0.2, 0.25) is 11.8 Å². The minimum Gasteiger partial charge on any atom is -0.378 e. The van der Waals surface area contributed by atoms with Crippen LogP contribution in [0.2, 0.25) is 0 Å². The third kappa shape index (κ3) is 5.01. The molecule has 2 aliphatic rings. The number of carbonyl (C=O) groups is 2. The molecule has 8 heteroatoms. The zero-order chi connectivity index (χ0) is 20.8. The smallest absolute Gasteiger partial charge is 0.243 e. The summed E-state index contributed by atoms with van der Waals surface area (Å²) in [6, 6.07) is 13.5. The van der Waals surface area contributed by atoms with Gasteiger partial charge in [-0.2, -0.15) is 5.10 Å². The minimum atomic E-state index is -0.235. The summed E-state index contributed by atoms with van der Waals surface area (Å²) in [4.78, 5) is 31.1. The molecule has 1 N–H and O–H groups in total. The molecule has 4 rings (SSSR count). The van der Waals surface area contributed by atoms with E-state index in [1.165, 1.54) is 5.01 Å². The van der Waals surface area contributed by atoms with Crippen LogP contribution in [0.4, 0.5) is 11.5 Å². The number of carbonyl (C=O) groups excluding carboxylic acids is 2. The molecule has 2 amide bonds. The maximum Gasteiger partial charge on any atom is 0.243 e. The van der Waals surface area contributed by atoms with Gasteiger partial charge in [0.05, 0.1) is 37.4 Å². The van der Waals surface area contributed by atoms with Crippen LogP contribution in [0.25, 0.3) is 0 Å². The molecule has 1 aromatic heterocycles. The van der Waals surface area contributed by atoms with Crippen LogP contribution >= 0.6 is 0 Å². The Bertz CT molecular complexity index is 908. The molecule has 1 fully saturated rings. The third-order valence-corrected chi connectivity index (χ3v) is 5.15. The highest BCUT2D eigenvalue weighted by molar-refractivity contribution is 6.02. The van der Waals surface area contributed by atoms with Crippen molar-refractivity contribution in [1.29, 1.82) is 0 Å². The van der Waals surface area contributed by atoms with Gasteiger partial charge >= 0.3 is 0 Å². The van der Waals surface area contributed by atoms with E-state index in [2.05, 4.69) is 20.3 Å². The second kappa shape index (κ2) is 9.49. The molecule has 8 nitrogen and oxygen atoms in total. The first-order valence-electron chi connectivity index (χ1n) is 10.2. The molecule has 0 aliphatic carbocycles. The summed E-state index contributed by atoms with van der Waals surface area (Å²) in [6.07, 6.45) is 2.68. The van der Waals surface area contributed by atoms with Crippen LogP contribution < -0.4 is 10.2 Å². The van der Waals surface area contributed by atoms with Gasteiger partial charge in [0.15, 0.2) is 0 Å². The van der Waals surface area contributed by atoms with Gasteiger partial charge in [-0.05, 0) is 17.7 Å². The van der Waals surface area contributed by atoms with Crippen molar-refractivity contribution in [3.63, 3.8) is 0 Å². The molecule has 1 saturated heterocycles. The normalized spacial score (nSPS) is 16.3.